The molecule has 0 radical (unpaired) electrons. The van der Waals surface area contributed by atoms with Gasteiger partial charge in [-0.2, -0.15) is 0 Å². The summed E-state index contributed by atoms with van der Waals surface area (Å²) in [6.45, 7) is -0.0408. The Morgan fingerprint density at radius 3 is 2.62 bits per heavy atom. The average Bonchev–Trinajstić information content (AvgIpc) is 2.90. The molecule has 0 bridgehead atoms. The third kappa shape index (κ3) is 5.87. The van der Waals surface area contributed by atoms with Crippen LogP contribution in [0, 0.1) is 10.1 Å². The van der Waals surface area contributed by atoms with Crippen LogP contribution in [0.4, 0.5) is 11.4 Å². The monoisotopic (exact) mass is 567 g/mol. The number of halogens is 1. The molecule has 1 saturated heterocycles. The van der Waals surface area contributed by atoms with Crippen LogP contribution in [-0.4, -0.2) is 40.0 Å². The maximum absolute atomic E-state index is 13.3. The van der Waals surface area contributed by atoms with Gasteiger partial charge >= 0.3 is 5.97 Å². The van der Waals surface area contributed by atoms with E-state index in [1.54, 1.807) is 6.07 Å². The molecule has 2 amide bonds. The van der Waals surface area contributed by atoms with Crippen LogP contribution in [0.1, 0.15) is 21.5 Å². The highest BCUT2D eigenvalue weighted by Crippen LogP contribution is 2.38. The number of carboxylic acids is 1. The first-order chi connectivity index (χ1) is 18.6. The quantitative estimate of drug-likeness (QED) is 0.133. The summed E-state index contributed by atoms with van der Waals surface area (Å²) in [4.78, 5) is 48.9. The van der Waals surface area contributed by atoms with Crippen molar-refractivity contribution in [3.8, 4) is 11.5 Å². The van der Waals surface area contributed by atoms with Gasteiger partial charge in [0.25, 0.3) is 17.5 Å². The summed E-state index contributed by atoms with van der Waals surface area (Å²) in [5.74, 6) is -2.38. The molecule has 0 aromatic heterocycles. The molecule has 0 spiro atoms. The fraction of sp³-hybridized carbons (Fsp3) is 0.0769. The van der Waals surface area contributed by atoms with Gasteiger partial charge in [0.15, 0.2) is 16.6 Å². The lowest BCUT2D eigenvalue weighted by Gasteiger charge is -2.29. The van der Waals surface area contributed by atoms with E-state index in [1.807, 2.05) is 0 Å². The number of hydrogen-bond acceptors (Lipinski definition) is 8. The minimum atomic E-state index is -1.19. The number of carbonyl (C=O) groups excluding carboxylic acids is 2. The van der Waals surface area contributed by atoms with Crippen LogP contribution in [-0.2, 0) is 16.2 Å². The molecule has 3 aromatic rings. The van der Waals surface area contributed by atoms with Gasteiger partial charge < -0.3 is 14.6 Å². The summed E-state index contributed by atoms with van der Waals surface area (Å²) < 4.78 is 11.2. The highest BCUT2D eigenvalue weighted by molar-refractivity contribution is 7.80. The topological polar surface area (TPSA) is 148 Å². The second-order valence-electron chi connectivity index (χ2n) is 8.06. The van der Waals surface area contributed by atoms with Gasteiger partial charge in [-0.1, -0.05) is 29.8 Å². The van der Waals surface area contributed by atoms with Crippen LogP contribution in [0.25, 0.3) is 6.08 Å². The lowest BCUT2D eigenvalue weighted by atomic mass is 10.1. The maximum Gasteiger partial charge on any atom is 0.335 e. The van der Waals surface area contributed by atoms with Gasteiger partial charge in [0.05, 0.1) is 28.3 Å². The van der Waals surface area contributed by atoms with Crippen molar-refractivity contribution in [1.82, 2.24) is 5.32 Å². The van der Waals surface area contributed by atoms with Crippen molar-refractivity contribution in [3.05, 3.63) is 98.1 Å². The molecule has 1 fully saturated rings. The van der Waals surface area contributed by atoms with Gasteiger partial charge in [0.2, 0.25) is 0 Å². The van der Waals surface area contributed by atoms with E-state index in [0.717, 1.165) is 4.90 Å². The first-order valence-electron chi connectivity index (χ1n) is 11.1. The third-order valence-electron chi connectivity index (χ3n) is 5.52. The number of hydrogen-bond donors (Lipinski definition) is 2. The molecule has 198 valence electrons. The predicted molar refractivity (Wildman–Crippen MR) is 145 cm³/mol. The zero-order valence-corrected chi connectivity index (χ0v) is 21.6. The van der Waals surface area contributed by atoms with Crippen molar-refractivity contribution in [2.75, 3.05) is 12.0 Å². The third-order valence-corrected chi connectivity index (χ3v) is 6.09. The molecular formula is C26H18ClN3O8S. The number of nitro benzene ring substituents is 1. The minimum absolute atomic E-state index is 0.0408. The maximum atomic E-state index is 13.3. The number of benzene rings is 3. The van der Waals surface area contributed by atoms with Crippen molar-refractivity contribution in [2.24, 2.45) is 0 Å². The summed E-state index contributed by atoms with van der Waals surface area (Å²) in [5, 5.41) is 22.6. The Balaban J connectivity index is 1.64. The lowest BCUT2D eigenvalue weighted by molar-refractivity contribution is -0.384. The van der Waals surface area contributed by atoms with Gasteiger partial charge in [-0.3, -0.25) is 29.9 Å². The predicted octanol–water partition coefficient (Wildman–Crippen LogP) is 4.37. The highest BCUT2D eigenvalue weighted by Gasteiger charge is 2.35. The van der Waals surface area contributed by atoms with Crippen molar-refractivity contribution < 1.29 is 33.9 Å². The van der Waals surface area contributed by atoms with E-state index in [4.69, 9.17) is 33.3 Å². The Labute approximate surface area is 231 Å². The molecule has 0 atom stereocenters. The molecule has 1 aliphatic heterocycles. The number of anilines is 1. The summed E-state index contributed by atoms with van der Waals surface area (Å²) in [6.07, 6.45) is 1.28. The Morgan fingerprint density at radius 2 is 1.92 bits per heavy atom. The Morgan fingerprint density at radius 1 is 1.18 bits per heavy atom. The van der Waals surface area contributed by atoms with Gasteiger partial charge in [-0.25, -0.2) is 4.79 Å². The van der Waals surface area contributed by atoms with E-state index in [1.165, 1.54) is 67.8 Å². The van der Waals surface area contributed by atoms with Crippen LogP contribution in [0.15, 0.2) is 66.2 Å². The number of carboxylic acid groups (broad SMARTS) is 1. The van der Waals surface area contributed by atoms with Crippen LogP contribution in [0.5, 0.6) is 11.5 Å². The van der Waals surface area contributed by atoms with Crippen LogP contribution in [0.2, 0.25) is 5.02 Å². The average molecular weight is 568 g/mol. The van der Waals surface area contributed by atoms with Crippen molar-refractivity contribution in [2.45, 2.75) is 6.61 Å². The number of nitrogens with one attached hydrogen (secondary N) is 1. The van der Waals surface area contributed by atoms with E-state index in [9.17, 15) is 29.6 Å². The number of thiocarbonyl (C=S) groups is 1. The molecule has 1 aliphatic rings. The molecule has 0 aliphatic carbocycles. The van der Waals surface area contributed by atoms with Gasteiger partial charge in [-0.05, 0) is 59.8 Å². The van der Waals surface area contributed by atoms with E-state index < -0.39 is 22.7 Å². The second-order valence-corrected chi connectivity index (χ2v) is 8.86. The first kappa shape index (κ1) is 27.2. The number of rotatable bonds is 8. The van der Waals surface area contributed by atoms with E-state index in [-0.39, 0.29) is 50.8 Å². The fourth-order valence-electron chi connectivity index (χ4n) is 3.72. The van der Waals surface area contributed by atoms with Crippen molar-refractivity contribution >= 4 is 64.2 Å². The molecule has 0 unspecified atom stereocenters. The summed E-state index contributed by atoms with van der Waals surface area (Å²) in [5.41, 5.74) is 0.577. The highest BCUT2D eigenvalue weighted by atomic mass is 35.5. The molecule has 3 aromatic carbocycles. The number of ether oxygens (including phenoxy) is 2. The van der Waals surface area contributed by atoms with Gasteiger partial charge in [-0.15, -0.1) is 0 Å². The van der Waals surface area contributed by atoms with E-state index in [0.29, 0.717) is 11.1 Å². The Hall–Kier alpha value is -4.81. The molecular weight excluding hydrogens is 550 g/mol. The minimum Gasteiger partial charge on any atom is -0.493 e. The van der Waals surface area contributed by atoms with Crippen LogP contribution in [0.3, 0.4) is 0 Å². The molecule has 4 rings (SSSR count). The van der Waals surface area contributed by atoms with Crippen LogP contribution < -0.4 is 19.7 Å². The normalized spacial score (nSPS) is 14.3. The molecule has 13 heteroatoms. The zero-order valence-electron chi connectivity index (χ0n) is 20.0. The first-order valence-corrected chi connectivity index (χ1v) is 11.9. The summed E-state index contributed by atoms with van der Waals surface area (Å²) >= 11 is 11.6. The largest absolute Gasteiger partial charge is 0.493 e. The molecule has 1 heterocycles. The number of methoxy groups -OCH3 is 1. The zero-order chi connectivity index (χ0) is 28.3. The molecule has 39 heavy (non-hydrogen) atoms. The molecule has 11 nitrogen and oxygen atoms in total. The fourth-order valence-corrected chi connectivity index (χ4v) is 4.27. The SMILES string of the molecule is COc1cc(C=C2C(=O)NC(=S)N(c3cccc(C(=O)O)c3)C2=O)cc(Cl)c1OCc1cccc([N+](=O)[O-])c1. The summed E-state index contributed by atoms with van der Waals surface area (Å²) in [6, 6.07) is 14.4. The standard InChI is InChI=1S/C26H18ClN3O8S/c1-37-21-11-15(10-20(27)22(21)38-13-14-4-2-7-18(8-14)30(35)36)9-19-23(31)28-26(39)29(24(19)32)17-6-3-5-16(12-17)25(33)34/h2-12H,13H2,1H3,(H,33,34)(H,28,31,39). The molecule has 0 saturated carbocycles. The molecule has 2 N–H and O–H groups in total. The number of nitro groups is 1. The lowest BCUT2D eigenvalue weighted by Crippen LogP contribution is -2.54. The van der Waals surface area contributed by atoms with E-state index >= 15 is 0 Å². The Bertz CT molecular complexity index is 1570. The number of amides is 2. The smallest absolute Gasteiger partial charge is 0.335 e. The van der Waals surface area contributed by atoms with Crippen molar-refractivity contribution in [1.29, 1.82) is 0 Å². The Kier molecular flexibility index (Phi) is 7.88. The van der Waals surface area contributed by atoms with Gasteiger partial charge in [0, 0.05) is 12.1 Å². The van der Waals surface area contributed by atoms with E-state index in [2.05, 4.69) is 5.32 Å². The number of nitrogens with zero attached hydrogens (tertiary/aromatic N) is 2. The van der Waals surface area contributed by atoms with Crippen molar-refractivity contribution in [3.63, 3.8) is 0 Å². The number of carbonyl (C=O) groups is 3. The second kappa shape index (κ2) is 11.3. The van der Waals surface area contributed by atoms with Gasteiger partial charge in [0.1, 0.15) is 12.2 Å². The summed E-state index contributed by atoms with van der Waals surface area (Å²) in [7, 11) is 1.37. The number of aromatic carboxylic acids is 1. The number of non-ortho nitro benzene ring substituents is 1. The van der Waals surface area contributed by atoms with Crippen LogP contribution >= 0.6 is 23.8 Å².